The van der Waals surface area contributed by atoms with Gasteiger partial charge in [0.2, 0.25) is 11.8 Å². The highest BCUT2D eigenvalue weighted by atomic mass is 16.2. The molecule has 2 rings (SSSR count). The fraction of sp³-hybridized carbons (Fsp3) is 0.765. The first kappa shape index (κ1) is 16.1. The number of piperazine rings is 1. The van der Waals surface area contributed by atoms with E-state index in [4.69, 9.17) is 0 Å². The van der Waals surface area contributed by atoms with Crippen LogP contribution in [-0.2, 0) is 9.59 Å². The van der Waals surface area contributed by atoms with Crippen LogP contribution >= 0.6 is 0 Å². The molecule has 1 saturated carbocycles. The lowest BCUT2D eigenvalue weighted by molar-refractivity contribution is -0.157. The molecule has 2 atom stereocenters. The van der Waals surface area contributed by atoms with Gasteiger partial charge in [-0.1, -0.05) is 25.5 Å². The van der Waals surface area contributed by atoms with Gasteiger partial charge < -0.3 is 10.2 Å². The maximum Gasteiger partial charge on any atom is 0.246 e. The first-order valence-corrected chi connectivity index (χ1v) is 8.02. The fourth-order valence-corrected chi connectivity index (χ4v) is 3.14. The molecule has 1 aliphatic carbocycles. The van der Waals surface area contributed by atoms with Gasteiger partial charge in [0.15, 0.2) is 0 Å². The lowest BCUT2D eigenvalue weighted by Gasteiger charge is -2.46. The number of carbonyl (C=O) groups excluding carboxylic acids is 2. The van der Waals surface area contributed by atoms with Gasteiger partial charge in [-0.15, -0.1) is 0 Å². The second kappa shape index (κ2) is 5.82. The molecule has 4 nitrogen and oxygen atoms in total. The number of nitrogens with zero attached hydrogens (tertiary/aromatic N) is 1. The second-order valence-corrected chi connectivity index (χ2v) is 7.31. The van der Waals surface area contributed by atoms with Crippen molar-refractivity contribution >= 4 is 11.8 Å². The molecule has 21 heavy (non-hydrogen) atoms. The minimum atomic E-state index is -0.670. The Balaban J connectivity index is 2.28. The van der Waals surface area contributed by atoms with Gasteiger partial charge in [0.05, 0.1) is 0 Å². The third-order valence-electron chi connectivity index (χ3n) is 4.65. The van der Waals surface area contributed by atoms with Crippen LogP contribution in [0.2, 0.25) is 0 Å². The van der Waals surface area contributed by atoms with E-state index in [-0.39, 0.29) is 17.9 Å². The summed E-state index contributed by atoms with van der Waals surface area (Å²) in [6.45, 7) is 10.7. The van der Waals surface area contributed by atoms with E-state index in [0.29, 0.717) is 24.8 Å². The first-order valence-electron chi connectivity index (χ1n) is 8.02. The standard InChI is InChI=1S/C17H28N2O2/c1-11(2)8-9-19-15(20)14(10-12(3)4)18-16(21)17(19,5)13-6-7-13/h8,12-14H,6-7,9-10H2,1-5H3,(H,18,21). The lowest BCUT2D eigenvalue weighted by atomic mass is 9.86. The minimum absolute atomic E-state index is 0.0254. The molecule has 0 aromatic rings. The number of allylic oxidation sites excluding steroid dienone is 1. The molecule has 0 bridgehead atoms. The van der Waals surface area contributed by atoms with Gasteiger partial charge in [-0.3, -0.25) is 9.59 Å². The van der Waals surface area contributed by atoms with Crippen molar-refractivity contribution in [2.75, 3.05) is 6.54 Å². The summed E-state index contributed by atoms with van der Waals surface area (Å²) in [5, 5.41) is 2.98. The van der Waals surface area contributed by atoms with E-state index in [1.165, 1.54) is 5.57 Å². The van der Waals surface area contributed by atoms with Gasteiger partial charge in [0.25, 0.3) is 0 Å². The minimum Gasteiger partial charge on any atom is -0.342 e. The van der Waals surface area contributed by atoms with Crippen LogP contribution in [0.3, 0.4) is 0 Å². The number of rotatable bonds is 5. The monoisotopic (exact) mass is 292 g/mol. The quantitative estimate of drug-likeness (QED) is 0.792. The Hall–Kier alpha value is -1.32. The molecule has 1 heterocycles. The van der Waals surface area contributed by atoms with Crippen LogP contribution in [0.1, 0.15) is 53.9 Å². The average Bonchev–Trinajstić information content (AvgIpc) is 3.19. The summed E-state index contributed by atoms with van der Waals surface area (Å²) in [6.07, 6.45) is 4.83. The van der Waals surface area contributed by atoms with Crippen molar-refractivity contribution in [3.8, 4) is 0 Å². The topological polar surface area (TPSA) is 49.4 Å². The zero-order chi connectivity index (χ0) is 15.8. The summed E-state index contributed by atoms with van der Waals surface area (Å²) in [5.41, 5.74) is 0.503. The Morgan fingerprint density at radius 2 is 2.00 bits per heavy atom. The fourth-order valence-electron chi connectivity index (χ4n) is 3.14. The highest BCUT2D eigenvalue weighted by Crippen LogP contribution is 2.45. The predicted molar refractivity (Wildman–Crippen MR) is 83.7 cm³/mol. The number of hydrogen-bond acceptors (Lipinski definition) is 2. The van der Waals surface area contributed by atoms with E-state index in [9.17, 15) is 9.59 Å². The van der Waals surface area contributed by atoms with Crippen molar-refractivity contribution in [1.82, 2.24) is 10.2 Å². The van der Waals surface area contributed by atoms with Crippen LogP contribution in [0.15, 0.2) is 11.6 Å². The largest absolute Gasteiger partial charge is 0.342 e. The van der Waals surface area contributed by atoms with E-state index >= 15 is 0 Å². The Morgan fingerprint density at radius 1 is 1.38 bits per heavy atom. The molecule has 1 saturated heterocycles. The van der Waals surface area contributed by atoms with Gasteiger partial charge >= 0.3 is 0 Å². The SMILES string of the molecule is CC(C)=CCN1C(=O)C(CC(C)C)NC(=O)C1(C)C1CC1. The zero-order valence-corrected chi connectivity index (χ0v) is 13.9. The smallest absolute Gasteiger partial charge is 0.246 e. The Kier molecular flexibility index (Phi) is 4.45. The van der Waals surface area contributed by atoms with Gasteiger partial charge in [0.1, 0.15) is 11.6 Å². The van der Waals surface area contributed by atoms with Crippen LogP contribution in [0.5, 0.6) is 0 Å². The lowest BCUT2D eigenvalue weighted by Crippen LogP contribution is -2.70. The molecule has 1 N–H and O–H groups in total. The highest BCUT2D eigenvalue weighted by Gasteiger charge is 2.56. The predicted octanol–water partition coefficient (Wildman–Crippen LogP) is 2.49. The molecule has 1 aliphatic heterocycles. The van der Waals surface area contributed by atoms with E-state index in [2.05, 4.69) is 19.2 Å². The maximum absolute atomic E-state index is 12.8. The van der Waals surface area contributed by atoms with Crippen molar-refractivity contribution in [2.24, 2.45) is 11.8 Å². The summed E-state index contributed by atoms with van der Waals surface area (Å²) in [4.78, 5) is 27.3. The van der Waals surface area contributed by atoms with Crippen molar-refractivity contribution < 1.29 is 9.59 Å². The van der Waals surface area contributed by atoms with Crippen molar-refractivity contribution in [2.45, 2.75) is 65.5 Å². The maximum atomic E-state index is 12.8. The third kappa shape index (κ3) is 3.14. The number of amides is 2. The summed E-state index contributed by atoms with van der Waals surface area (Å²) in [6, 6.07) is -0.366. The van der Waals surface area contributed by atoms with E-state index in [0.717, 1.165) is 12.8 Å². The molecule has 0 spiro atoms. The summed E-state index contributed by atoms with van der Waals surface area (Å²) in [5.74, 6) is 0.800. The van der Waals surface area contributed by atoms with Crippen LogP contribution in [0.25, 0.3) is 0 Å². The molecule has 2 fully saturated rings. The van der Waals surface area contributed by atoms with Gasteiger partial charge in [-0.25, -0.2) is 0 Å². The van der Waals surface area contributed by atoms with Crippen LogP contribution in [-0.4, -0.2) is 34.8 Å². The normalized spacial score (nSPS) is 29.6. The molecule has 2 amide bonds. The van der Waals surface area contributed by atoms with E-state index in [1.807, 2.05) is 31.7 Å². The van der Waals surface area contributed by atoms with Crippen LogP contribution < -0.4 is 5.32 Å². The summed E-state index contributed by atoms with van der Waals surface area (Å²) < 4.78 is 0. The molecule has 0 radical (unpaired) electrons. The molecule has 0 aromatic heterocycles. The van der Waals surface area contributed by atoms with Crippen molar-refractivity contribution in [1.29, 1.82) is 0 Å². The highest BCUT2D eigenvalue weighted by molar-refractivity contribution is 6.00. The molecule has 118 valence electrons. The molecule has 2 aliphatic rings. The van der Waals surface area contributed by atoms with Gasteiger partial charge in [-0.05, 0) is 51.9 Å². The van der Waals surface area contributed by atoms with E-state index in [1.54, 1.807) is 0 Å². The molecule has 2 unspecified atom stereocenters. The summed E-state index contributed by atoms with van der Waals surface area (Å²) >= 11 is 0. The molecule has 4 heteroatoms. The Labute approximate surface area is 128 Å². The van der Waals surface area contributed by atoms with Crippen molar-refractivity contribution in [3.05, 3.63) is 11.6 Å². The zero-order valence-electron chi connectivity index (χ0n) is 13.9. The number of nitrogens with one attached hydrogen (secondary N) is 1. The Morgan fingerprint density at radius 3 is 2.48 bits per heavy atom. The van der Waals surface area contributed by atoms with Crippen LogP contribution in [0, 0.1) is 11.8 Å². The molecule has 0 aromatic carbocycles. The number of carbonyl (C=O) groups is 2. The average molecular weight is 292 g/mol. The van der Waals surface area contributed by atoms with E-state index < -0.39 is 5.54 Å². The van der Waals surface area contributed by atoms with Crippen molar-refractivity contribution in [3.63, 3.8) is 0 Å². The van der Waals surface area contributed by atoms with Gasteiger partial charge in [0, 0.05) is 6.54 Å². The molecular weight excluding hydrogens is 264 g/mol. The second-order valence-electron chi connectivity index (χ2n) is 7.31. The molecular formula is C17H28N2O2. The van der Waals surface area contributed by atoms with Crippen LogP contribution in [0.4, 0.5) is 0 Å². The third-order valence-corrected chi connectivity index (χ3v) is 4.65. The number of hydrogen-bond donors (Lipinski definition) is 1. The summed E-state index contributed by atoms with van der Waals surface area (Å²) in [7, 11) is 0. The Bertz CT molecular complexity index is 461. The first-order chi connectivity index (χ1) is 9.76. The van der Waals surface area contributed by atoms with Gasteiger partial charge in [-0.2, -0.15) is 0 Å².